The van der Waals surface area contributed by atoms with Crippen LogP contribution in [0.2, 0.25) is 0 Å². The zero-order valence-corrected chi connectivity index (χ0v) is 11.9. The maximum atomic E-state index is 11.7. The molecule has 0 aliphatic heterocycles. The van der Waals surface area contributed by atoms with Gasteiger partial charge in [-0.05, 0) is 25.3 Å². The second kappa shape index (κ2) is 8.26. The van der Waals surface area contributed by atoms with Crippen LogP contribution in [-0.4, -0.2) is 40.5 Å². The molecule has 0 amide bonds. The van der Waals surface area contributed by atoms with Crippen LogP contribution < -0.4 is 10.5 Å². The molecule has 1 fully saturated rings. The minimum Gasteiger partial charge on any atom is -0.384 e. The third kappa shape index (κ3) is 6.01. The van der Waals surface area contributed by atoms with Gasteiger partial charge in [0, 0.05) is 13.2 Å². The summed E-state index contributed by atoms with van der Waals surface area (Å²) in [6.45, 7) is 0.785. The Kier molecular flexibility index (Phi) is 8.32. The summed E-state index contributed by atoms with van der Waals surface area (Å²) in [6, 6.07) is 0.0145. The van der Waals surface area contributed by atoms with Crippen LogP contribution in [0, 0.1) is 5.92 Å². The van der Waals surface area contributed by atoms with Crippen molar-refractivity contribution < 1.29 is 13.2 Å². The molecule has 0 aromatic rings. The van der Waals surface area contributed by atoms with Gasteiger partial charge in [-0.3, -0.25) is 0 Å². The Labute approximate surface area is 110 Å². The first kappa shape index (κ1) is 17.1. The molecule has 2 atom stereocenters. The van der Waals surface area contributed by atoms with Gasteiger partial charge in [-0.1, -0.05) is 12.8 Å². The van der Waals surface area contributed by atoms with Crippen LogP contribution in [0.5, 0.6) is 0 Å². The SMILES string of the molecule is COCCS(=O)(=O)NC1CCCCC1CN.Cl. The van der Waals surface area contributed by atoms with Crippen molar-refractivity contribution in [3.05, 3.63) is 0 Å². The lowest BCUT2D eigenvalue weighted by molar-refractivity contribution is 0.216. The number of hydrogen-bond donors (Lipinski definition) is 2. The zero-order valence-electron chi connectivity index (χ0n) is 10.2. The largest absolute Gasteiger partial charge is 0.384 e. The van der Waals surface area contributed by atoms with Crippen LogP contribution in [0.4, 0.5) is 0 Å². The van der Waals surface area contributed by atoms with Crippen molar-refractivity contribution in [3.8, 4) is 0 Å². The molecule has 0 radical (unpaired) electrons. The van der Waals surface area contributed by atoms with Gasteiger partial charge in [-0.25, -0.2) is 13.1 Å². The van der Waals surface area contributed by atoms with Crippen molar-refractivity contribution in [3.63, 3.8) is 0 Å². The van der Waals surface area contributed by atoms with Gasteiger partial charge in [0.15, 0.2) is 0 Å². The summed E-state index contributed by atoms with van der Waals surface area (Å²) in [7, 11) is -1.72. The molecule has 3 N–H and O–H groups in total. The maximum Gasteiger partial charge on any atom is 0.214 e. The minimum atomic E-state index is -3.22. The Morgan fingerprint density at radius 2 is 2.00 bits per heavy atom. The average molecular weight is 287 g/mol. The van der Waals surface area contributed by atoms with E-state index in [-0.39, 0.29) is 36.7 Å². The van der Waals surface area contributed by atoms with Crippen LogP contribution in [-0.2, 0) is 14.8 Å². The molecule has 0 saturated heterocycles. The van der Waals surface area contributed by atoms with Crippen LogP contribution in [0.1, 0.15) is 25.7 Å². The number of methoxy groups -OCH3 is 1. The predicted octanol–water partition coefficient (Wildman–Crippen LogP) is 0.491. The summed E-state index contributed by atoms with van der Waals surface area (Å²) in [4.78, 5) is 0. The molecule has 1 aliphatic carbocycles. The highest BCUT2D eigenvalue weighted by Crippen LogP contribution is 2.23. The first-order valence-corrected chi connectivity index (χ1v) is 7.43. The molecule has 0 aromatic heterocycles. The highest BCUT2D eigenvalue weighted by molar-refractivity contribution is 7.89. The Hall–Kier alpha value is 0.120. The van der Waals surface area contributed by atoms with E-state index in [2.05, 4.69) is 4.72 Å². The molecular weight excluding hydrogens is 264 g/mol. The molecule has 0 aromatic carbocycles. The number of halogens is 1. The van der Waals surface area contributed by atoms with E-state index in [0.717, 1.165) is 25.7 Å². The van der Waals surface area contributed by atoms with Gasteiger partial charge in [0.05, 0.1) is 12.4 Å². The standard InChI is InChI=1S/C10H22N2O3S.ClH/c1-15-6-7-16(13,14)12-10-5-3-2-4-9(10)8-11;/h9-10,12H,2-8,11H2,1H3;1H. The average Bonchev–Trinajstić information content (AvgIpc) is 2.27. The molecule has 5 nitrogen and oxygen atoms in total. The number of hydrogen-bond acceptors (Lipinski definition) is 4. The maximum absolute atomic E-state index is 11.7. The topological polar surface area (TPSA) is 81.4 Å². The van der Waals surface area contributed by atoms with E-state index in [4.69, 9.17) is 10.5 Å². The highest BCUT2D eigenvalue weighted by atomic mass is 35.5. The van der Waals surface area contributed by atoms with Crippen LogP contribution in [0.15, 0.2) is 0 Å². The molecule has 7 heteroatoms. The van der Waals surface area contributed by atoms with Crippen molar-refractivity contribution >= 4 is 22.4 Å². The molecule has 0 bridgehead atoms. The Morgan fingerprint density at radius 1 is 1.35 bits per heavy atom. The fourth-order valence-corrected chi connectivity index (χ4v) is 3.40. The molecule has 2 unspecified atom stereocenters. The van der Waals surface area contributed by atoms with Gasteiger partial charge in [0.2, 0.25) is 10.0 Å². The number of nitrogens with one attached hydrogen (secondary N) is 1. The lowest BCUT2D eigenvalue weighted by Crippen LogP contribution is -2.45. The van der Waals surface area contributed by atoms with Gasteiger partial charge in [0.25, 0.3) is 0 Å². The summed E-state index contributed by atoms with van der Waals surface area (Å²) < 4.78 is 30.9. The normalized spacial score (nSPS) is 25.3. The third-order valence-electron chi connectivity index (χ3n) is 3.10. The van der Waals surface area contributed by atoms with Crippen molar-refractivity contribution in [2.24, 2.45) is 11.7 Å². The van der Waals surface area contributed by atoms with Crippen molar-refractivity contribution in [2.75, 3.05) is 26.0 Å². The molecule has 0 heterocycles. The quantitative estimate of drug-likeness (QED) is 0.745. The summed E-state index contributed by atoms with van der Waals surface area (Å²) >= 11 is 0. The van der Waals surface area contributed by atoms with Gasteiger partial charge in [0.1, 0.15) is 0 Å². The zero-order chi connectivity index (χ0) is 12.0. The lowest BCUT2D eigenvalue weighted by Gasteiger charge is -2.30. The lowest BCUT2D eigenvalue weighted by atomic mass is 9.85. The fraction of sp³-hybridized carbons (Fsp3) is 1.00. The molecular formula is C10H23ClN2O3S. The van der Waals surface area contributed by atoms with Gasteiger partial charge < -0.3 is 10.5 Å². The molecule has 1 saturated carbocycles. The number of nitrogens with two attached hydrogens (primary N) is 1. The Balaban J connectivity index is 0.00000256. The number of sulfonamides is 1. The van der Waals surface area contributed by atoms with E-state index >= 15 is 0 Å². The highest BCUT2D eigenvalue weighted by Gasteiger charge is 2.27. The van der Waals surface area contributed by atoms with E-state index in [1.54, 1.807) is 0 Å². The van der Waals surface area contributed by atoms with E-state index < -0.39 is 10.0 Å². The van der Waals surface area contributed by atoms with E-state index in [0.29, 0.717) is 6.54 Å². The van der Waals surface area contributed by atoms with Crippen LogP contribution in [0.3, 0.4) is 0 Å². The van der Waals surface area contributed by atoms with Gasteiger partial charge >= 0.3 is 0 Å². The predicted molar refractivity (Wildman–Crippen MR) is 70.8 cm³/mol. The summed E-state index contributed by atoms with van der Waals surface area (Å²) in [5.74, 6) is 0.308. The van der Waals surface area contributed by atoms with E-state index in [1.807, 2.05) is 0 Å². The summed E-state index contributed by atoms with van der Waals surface area (Å²) in [6.07, 6.45) is 4.15. The van der Waals surface area contributed by atoms with Gasteiger partial charge in [-0.15, -0.1) is 12.4 Å². The molecule has 104 valence electrons. The first-order valence-electron chi connectivity index (χ1n) is 5.78. The summed E-state index contributed by atoms with van der Waals surface area (Å²) in [5, 5.41) is 0. The van der Waals surface area contributed by atoms with Crippen LogP contribution in [0.25, 0.3) is 0 Å². The number of ether oxygens (including phenoxy) is 1. The van der Waals surface area contributed by atoms with E-state index in [9.17, 15) is 8.42 Å². The fourth-order valence-electron chi connectivity index (χ4n) is 2.13. The molecule has 1 rings (SSSR count). The molecule has 17 heavy (non-hydrogen) atoms. The monoisotopic (exact) mass is 286 g/mol. The third-order valence-corrected chi connectivity index (χ3v) is 4.46. The number of rotatable bonds is 6. The van der Waals surface area contributed by atoms with Crippen molar-refractivity contribution in [2.45, 2.75) is 31.7 Å². The second-order valence-corrected chi connectivity index (χ2v) is 6.19. The first-order chi connectivity index (χ1) is 7.59. The smallest absolute Gasteiger partial charge is 0.214 e. The minimum absolute atomic E-state index is 0. The van der Waals surface area contributed by atoms with Crippen molar-refractivity contribution in [1.82, 2.24) is 4.72 Å². The molecule has 0 spiro atoms. The van der Waals surface area contributed by atoms with Crippen molar-refractivity contribution in [1.29, 1.82) is 0 Å². The Bertz CT molecular complexity index is 298. The van der Waals surface area contributed by atoms with Crippen LogP contribution >= 0.6 is 12.4 Å². The molecule has 1 aliphatic rings. The second-order valence-electron chi connectivity index (χ2n) is 4.32. The summed E-state index contributed by atoms with van der Waals surface area (Å²) in [5.41, 5.74) is 5.65. The van der Waals surface area contributed by atoms with Gasteiger partial charge in [-0.2, -0.15) is 0 Å². The Morgan fingerprint density at radius 3 is 2.59 bits per heavy atom. The van der Waals surface area contributed by atoms with E-state index in [1.165, 1.54) is 7.11 Å².